The van der Waals surface area contributed by atoms with Crippen LogP contribution in [0.25, 0.3) is 0 Å². The summed E-state index contributed by atoms with van der Waals surface area (Å²) >= 11 is 1.21. The Hall–Kier alpha value is -1.88. The third-order valence-electron chi connectivity index (χ3n) is 2.85. The van der Waals surface area contributed by atoms with Gasteiger partial charge < -0.3 is 10.4 Å². The van der Waals surface area contributed by atoms with E-state index < -0.39 is 5.97 Å². The highest BCUT2D eigenvalue weighted by Gasteiger charge is 2.16. The van der Waals surface area contributed by atoms with E-state index in [9.17, 15) is 4.79 Å². The van der Waals surface area contributed by atoms with Gasteiger partial charge in [-0.25, -0.2) is 4.79 Å². The van der Waals surface area contributed by atoms with Crippen LogP contribution in [0.2, 0.25) is 0 Å². The molecule has 0 fully saturated rings. The van der Waals surface area contributed by atoms with Crippen molar-refractivity contribution in [1.29, 1.82) is 0 Å². The Morgan fingerprint density at radius 3 is 2.79 bits per heavy atom. The van der Waals surface area contributed by atoms with Crippen LogP contribution < -0.4 is 5.32 Å². The van der Waals surface area contributed by atoms with Crippen LogP contribution in [0.5, 0.6) is 0 Å². The fourth-order valence-electron chi connectivity index (χ4n) is 1.88. The van der Waals surface area contributed by atoms with Crippen LogP contribution in [-0.2, 0) is 6.42 Å². The van der Waals surface area contributed by atoms with Gasteiger partial charge in [-0.3, -0.25) is 0 Å². The normalized spacial score (nSPS) is 10.4. The SMILES string of the molecule is Cc1nsc(NCCCc2ccccc2)c1C(=O)O. The topological polar surface area (TPSA) is 62.2 Å². The van der Waals surface area contributed by atoms with E-state index in [-0.39, 0.29) is 0 Å². The summed E-state index contributed by atoms with van der Waals surface area (Å²) in [5, 5.41) is 12.9. The van der Waals surface area contributed by atoms with E-state index >= 15 is 0 Å². The summed E-state index contributed by atoms with van der Waals surface area (Å²) in [5.74, 6) is -0.920. The molecule has 2 rings (SSSR count). The van der Waals surface area contributed by atoms with E-state index in [0.29, 0.717) is 16.3 Å². The molecule has 1 heterocycles. The first kappa shape index (κ1) is 13.5. The van der Waals surface area contributed by atoms with Crippen molar-refractivity contribution in [3.05, 3.63) is 47.2 Å². The highest BCUT2D eigenvalue weighted by Crippen LogP contribution is 2.24. The molecule has 1 aromatic carbocycles. The van der Waals surface area contributed by atoms with Crippen molar-refractivity contribution >= 4 is 22.5 Å². The van der Waals surface area contributed by atoms with Crippen molar-refractivity contribution in [3.63, 3.8) is 0 Å². The summed E-state index contributed by atoms with van der Waals surface area (Å²) in [4.78, 5) is 11.1. The molecule has 0 aliphatic rings. The monoisotopic (exact) mass is 276 g/mol. The zero-order valence-corrected chi connectivity index (χ0v) is 11.5. The van der Waals surface area contributed by atoms with Crippen LogP contribution in [0.15, 0.2) is 30.3 Å². The Labute approximate surface area is 116 Å². The molecule has 100 valence electrons. The first-order valence-corrected chi connectivity index (χ1v) is 6.93. The number of aromatic nitrogens is 1. The van der Waals surface area contributed by atoms with E-state index in [4.69, 9.17) is 5.11 Å². The Bertz CT molecular complexity index is 552. The number of rotatable bonds is 6. The molecule has 0 bridgehead atoms. The summed E-state index contributed by atoms with van der Waals surface area (Å²) < 4.78 is 4.07. The van der Waals surface area contributed by atoms with E-state index in [1.807, 2.05) is 18.2 Å². The molecule has 2 N–H and O–H groups in total. The molecule has 1 aromatic heterocycles. The number of carboxylic acid groups (broad SMARTS) is 1. The van der Waals surface area contributed by atoms with Crippen LogP contribution >= 0.6 is 11.5 Å². The zero-order chi connectivity index (χ0) is 13.7. The molecule has 2 aromatic rings. The lowest BCUT2D eigenvalue weighted by Gasteiger charge is -2.05. The molecule has 5 heteroatoms. The molecule has 0 amide bonds. The van der Waals surface area contributed by atoms with Crippen molar-refractivity contribution in [2.24, 2.45) is 0 Å². The lowest BCUT2D eigenvalue weighted by molar-refractivity contribution is 0.0697. The minimum absolute atomic E-state index is 0.296. The standard InChI is InChI=1S/C14H16N2O2S/c1-10-12(14(17)18)13(19-16-10)15-9-5-8-11-6-3-2-4-7-11/h2-4,6-7,15H,5,8-9H2,1H3,(H,17,18). The molecule has 4 nitrogen and oxygen atoms in total. The third kappa shape index (κ3) is 3.54. The molecule has 0 unspecified atom stereocenters. The highest BCUT2D eigenvalue weighted by atomic mass is 32.1. The number of hydrogen-bond acceptors (Lipinski definition) is 4. The number of aromatic carboxylic acids is 1. The quantitative estimate of drug-likeness (QED) is 0.795. The maximum Gasteiger partial charge on any atom is 0.340 e. The van der Waals surface area contributed by atoms with Crippen molar-refractivity contribution in [2.45, 2.75) is 19.8 Å². The highest BCUT2D eigenvalue weighted by molar-refractivity contribution is 7.10. The molecule has 0 radical (unpaired) electrons. The second kappa shape index (κ2) is 6.33. The molecule has 0 spiro atoms. The van der Waals surface area contributed by atoms with E-state index in [0.717, 1.165) is 19.4 Å². The van der Waals surface area contributed by atoms with Gasteiger partial charge in [0.15, 0.2) is 0 Å². The Morgan fingerprint density at radius 1 is 1.37 bits per heavy atom. The minimum Gasteiger partial charge on any atom is -0.478 e. The number of aryl methyl sites for hydroxylation is 2. The van der Waals surface area contributed by atoms with Gasteiger partial charge in [-0.2, -0.15) is 4.37 Å². The first-order chi connectivity index (χ1) is 9.18. The average molecular weight is 276 g/mol. The molecule has 0 aliphatic carbocycles. The Balaban J connectivity index is 1.85. The van der Waals surface area contributed by atoms with Gasteiger partial charge in [0.25, 0.3) is 0 Å². The van der Waals surface area contributed by atoms with Gasteiger partial charge in [0, 0.05) is 6.54 Å². The van der Waals surface area contributed by atoms with E-state index in [2.05, 4.69) is 21.8 Å². The molecular formula is C14H16N2O2S. The number of carboxylic acids is 1. The van der Waals surface area contributed by atoms with Crippen molar-refractivity contribution in [2.75, 3.05) is 11.9 Å². The van der Waals surface area contributed by atoms with Crippen LogP contribution in [-0.4, -0.2) is 22.0 Å². The fraction of sp³-hybridized carbons (Fsp3) is 0.286. The minimum atomic E-state index is -0.920. The van der Waals surface area contributed by atoms with E-state index in [1.165, 1.54) is 17.1 Å². The van der Waals surface area contributed by atoms with Crippen LogP contribution in [0, 0.1) is 6.92 Å². The van der Waals surface area contributed by atoms with Crippen LogP contribution in [0.3, 0.4) is 0 Å². The van der Waals surface area contributed by atoms with Gasteiger partial charge in [0.05, 0.1) is 5.69 Å². The zero-order valence-electron chi connectivity index (χ0n) is 10.7. The maximum atomic E-state index is 11.1. The van der Waals surface area contributed by atoms with E-state index in [1.54, 1.807) is 6.92 Å². The van der Waals surface area contributed by atoms with Crippen molar-refractivity contribution < 1.29 is 9.90 Å². The molecule has 19 heavy (non-hydrogen) atoms. The smallest absolute Gasteiger partial charge is 0.340 e. The Kier molecular flexibility index (Phi) is 4.52. The van der Waals surface area contributed by atoms with Crippen molar-refractivity contribution in [3.8, 4) is 0 Å². The molecule has 0 saturated heterocycles. The maximum absolute atomic E-state index is 11.1. The average Bonchev–Trinajstić information content (AvgIpc) is 2.77. The molecule has 0 atom stereocenters. The van der Waals surface area contributed by atoms with Gasteiger partial charge in [-0.1, -0.05) is 30.3 Å². The van der Waals surface area contributed by atoms with Gasteiger partial charge in [0.1, 0.15) is 10.6 Å². The second-order valence-electron chi connectivity index (χ2n) is 4.29. The summed E-state index contributed by atoms with van der Waals surface area (Å²) in [6, 6.07) is 10.2. The number of nitrogens with one attached hydrogen (secondary N) is 1. The fourth-order valence-corrected chi connectivity index (χ4v) is 2.69. The van der Waals surface area contributed by atoms with Gasteiger partial charge in [-0.15, -0.1) is 0 Å². The van der Waals surface area contributed by atoms with Crippen molar-refractivity contribution in [1.82, 2.24) is 4.37 Å². The van der Waals surface area contributed by atoms with Crippen LogP contribution in [0.4, 0.5) is 5.00 Å². The summed E-state index contributed by atoms with van der Waals surface area (Å²) in [7, 11) is 0. The first-order valence-electron chi connectivity index (χ1n) is 6.16. The number of benzene rings is 1. The number of nitrogens with zero attached hydrogens (tertiary/aromatic N) is 1. The number of hydrogen-bond donors (Lipinski definition) is 2. The molecule has 0 aliphatic heterocycles. The predicted octanol–water partition coefficient (Wildman–Crippen LogP) is 3.19. The summed E-state index contributed by atoms with van der Waals surface area (Å²) in [6.45, 7) is 2.46. The van der Waals surface area contributed by atoms with Crippen LogP contribution in [0.1, 0.15) is 28.0 Å². The lowest BCUT2D eigenvalue weighted by atomic mass is 10.1. The summed E-state index contributed by atoms with van der Waals surface area (Å²) in [6.07, 6.45) is 1.94. The number of anilines is 1. The predicted molar refractivity (Wildman–Crippen MR) is 77.1 cm³/mol. The molecule has 0 saturated carbocycles. The second-order valence-corrected chi connectivity index (χ2v) is 5.07. The largest absolute Gasteiger partial charge is 0.478 e. The Morgan fingerprint density at radius 2 is 2.11 bits per heavy atom. The van der Waals surface area contributed by atoms with Gasteiger partial charge >= 0.3 is 5.97 Å². The van der Waals surface area contributed by atoms with Gasteiger partial charge in [0.2, 0.25) is 0 Å². The summed E-state index contributed by atoms with van der Waals surface area (Å²) in [5.41, 5.74) is 2.16. The van der Waals surface area contributed by atoms with Gasteiger partial charge in [-0.05, 0) is 36.9 Å². The molecular weight excluding hydrogens is 260 g/mol. The lowest BCUT2D eigenvalue weighted by Crippen LogP contribution is -2.06. The third-order valence-corrected chi connectivity index (χ3v) is 3.74. The number of carbonyl (C=O) groups is 1.